The molecule has 136 valence electrons. The number of nitrogens with one attached hydrogen (secondary N) is 2. The lowest BCUT2D eigenvalue weighted by Gasteiger charge is -2.10. The van der Waals surface area contributed by atoms with Crippen molar-refractivity contribution >= 4 is 22.5 Å². The molecule has 0 aliphatic carbocycles. The summed E-state index contributed by atoms with van der Waals surface area (Å²) in [6.45, 7) is 4.25. The molecule has 0 saturated heterocycles. The zero-order valence-corrected chi connectivity index (χ0v) is 15.7. The van der Waals surface area contributed by atoms with Crippen LogP contribution in [0.2, 0.25) is 0 Å². The number of fused-ring (bicyclic) bond motifs is 1. The number of ether oxygens (including phenoxy) is 1. The van der Waals surface area contributed by atoms with Gasteiger partial charge in [-0.25, -0.2) is 9.97 Å². The molecule has 4 rings (SSSR count). The van der Waals surface area contributed by atoms with Crippen molar-refractivity contribution < 1.29 is 4.74 Å². The Morgan fingerprint density at radius 3 is 2.67 bits per heavy atom. The quantitative estimate of drug-likeness (QED) is 0.511. The van der Waals surface area contributed by atoms with E-state index >= 15 is 0 Å². The van der Waals surface area contributed by atoms with Gasteiger partial charge in [0.25, 0.3) is 0 Å². The third-order valence-corrected chi connectivity index (χ3v) is 4.66. The summed E-state index contributed by atoms with van der Waals surface area (Å²) in [5.41, 5.74) is 4.28. The maximum Gasteiger partial charge on any atom is 0.162 e. The van der Waals surface area contributed by atoms with E-state index in [0.29, 0.717) is 5.82 Å². The first kappa shape index (κ1) is 17.1. The van der Waals surface area contributed by atoms with Gasteiger partial charge in [-0.2, -0.15) is 0 Å². The Labute approximate surface area is 158 Å². The third-order valence-electron chi connectivity index (χ3n) is 4.66. The second kappa shape index (κ2) is 7.11. The fraction of sp³-hybridized carbons (Fsp3) is 0.182. The Morgan fingerprint density at radius 2 is 1.89 bits per heavy atom. The van der Waals surface area contributed by atoms with Gasteiger partial charge in [0.15, 0.2) is 5.82 Å². The predicted molar refractivity (Wildman–Crippen MR) is 110 cm³/mol. The van der Waals surface area contributed by atoms with Gasteiger partial charge in [-0.15, -0.1) is 0 Å². The van der Waals surface area contributed by atoms with Gasteiger partial charge in [0.1, 0.15) is 17.4 Å². The van der Waals surface area contributed by atoms with Gasteiger partial charge >= 0.3 is 0 Å². The van der Waals surface area contributed by atoms with Gasteiger partial charge < -0.3 is 15.0 Å². The second-order valence-corrected chi connectivity index (χ2v) is 6.47. The van der Waals surface area contributed by atoms with Gasteiger partial charge in [-0.3, -0.25) is 0 Å². The van der Waals surface area contributed by atoms with Crippen molar-refractivity contribution in [2.75, 3.05) is 12.4 Å². The molecule has 27 heavy (non-hydrogen) atoms. The molecule has 2 N–H and O–H groups in total. The number of aryl methyl sites for hydroxylation is 2. The van der Waals surface area contributed by atoms with Crippen LogP contribution in [-0.2, 0) is 6.42 Å². The van der Waals surface area contributed by atoms with Gasteiger partial charge in [0.2, 0.25) is 0 Å². The molecule has 0 saturated carbocycles. The SMILES string of the molecule is CCc1[nH]c(Nc2nc(-c3cccc(OC)c3)nc3ccccc23)cc1C. The summed E-state index contributed by atoms with van der Waals surface area (Å²) >= 11 is 0. The average Bonchev–Trinajstić information content (AvgIpc) is 3.07. The van der Waals surface area contributed by atoms with Crippen molar-refractivity contribution in [2.24, 2.45) is 0 Å². The zero-order valence-electron chi connectivity index (χ0n) is 15.7. The largest absolute Gasteiger partial charge is 0.497 e. The Kier molecular flexibility index (Phi) is 4.50. The third kappa shape index (κ3) is 3.36. The number of anilines is 2. The normalized spacial score (nSPS) is 10.9. The molecule has 0 aliphatic rings. The standard InChI is InChI=1S/C22H22N4O/c1-4-18-14(2)12-20(23-18)25-22-17-10-5-6-11-19(17)24-21(26-22)15-8-7-9-16(13-15)27-3/h5-13,23H,4H2,1-3H3,(H,24,25,26). The van der Waals surface area contributed by atoms with Crippen LogP contribution in [0.1, 0.15) is 18.2 Å². The van der Waals surface area contributed by atoms with E-state index in [2.05, 4.69) is 30.2 Å². The monoisotopic (exact) mass is 358 g/mol. The lowest BCUT2D eigenvalue weighted by Crippen LogP contribution is -2.00. The lowest BCUT2D eigenvalue weighted by molar-refractivity contribution is 0.415. The van der Waals surface area contributed by atoms with Crippen molar-refractivity contribution in [3.8, 4) is 17.1 Å². The smallest absolute Gasteiger partial charge is 0.162 e. The number of aromatic amines is 1. The molecule has 0 spiro atoms. The molecule has 2 heterocycles. The van der Waals surface area contributed by atoms with Gasteiger partial charge in [-0.05, 0) is 49.2 Å². The highest BCUT2D eigenvalue weighted by Crippen LogP contribution is 2.29. The summed E-state index contributed by atoms with van der Waals surface area (Å²) < 4.78 is 5.34. The summed E-state index contributed by atoms with van der Waals surface area (Å²) in [5, 5.41) is 4.42. The highest BCUT2D eigenvalue weighted by atomic mass is 16.5. The molecule has 0 amide bonds. The van der Waals surface area contributed by atoms with Crippen LogP contribution in [-0.4, -0.2) is 22.1 Å². The molecule has 0 aliphatic heterocycles. The predicted octanol–water partition coefficient (Wildman–Crippen LogP) is 5.25. The van der Waals surface area contributed by atoms with E-state index < -0.39 is 0 Å². The molecule has 2 aromatic heterocycles. The van der Waals surface area contributed by atoms with E-state index in [9.17, 15) is 0 Å². The molecule has 0 radical (unpaired) electrons. The van der Waals surface area contributed by atoms with Gasteiger partial charge in [0.05, 0.1) is 12.6 Å². The van der Waals surface area contributed by atoms with Crippen LogP contribution in [0.5, 0.6) is 5.75 Å². The number of H-pyrrole nitrogens is 1. The topological polar surface area (TPSA) is 62.8 Å². The Bertz CT molecular complexity index is 1100. The first-order valence-corrected chi connectivity index (χ1v) is 9.04. The maximum atomic E-state index is 5.34. The van der Waals surface area contributed by atoms with Crippen LogP contribution in [0, 0.1) is 6.92 Å². The van der Waals surface area contributed by atoms with E-state index in [4.69, 9.17) is 14.7 Å². The van der Waals surface area contributed by atoms with E-state index in [-0.39, 0.29) is 0 Å². The number of nitrogens with zero attached hydrogens (tertiary/aromatic N) is 2. The van der Waals surface area contributed by atoms with Gasteiger partial charge in [0, 0.05) is 16.6 Å². The molecule has 0 fully saturated rings. The fourth-order valence-corrected chi connectivity index (χ4v) is 3.23. The van der Waals surface area contributed by atoms with Crippen LogP contribution in [0.3, 0.4) is 0 Å². The Morgan fingerprint density at radius 1 is 1.04 bits per heavy atom. The van der Waals surface area contributed by atoms with Crippen molar-refractivity contribution in [1.29, 1.82) is 0 Å². The van der Waals surface area contributed by atoms with E-state index in [1.54, 1.807) is 7.11 Å². The first-order chi connectivity index (χ1) is 13.2. The molecule has 4 aromatic rings. The van der Waals surface area contributed by atoms with E-state index in [0.717, 1.165) is 40.3 Å². The molecule has 5 nitrogen and oxygen atoms in total. The van der Waals surface area contributed by atoms with Crippen LogP contribution in [0.4, 0.5) is 11.6 Å². The minimum Gasteiger partial charge on any atom is -0.497 e. The highest BCUT2D eigenvalue weighted by Gasteiger charge is 2.11. The molecule has 0 atom stereocenters. The number of benzene rings is 2. The number of rotatable bonds is 5. The minimum absolute atomic E-state index is 0.661. The van der Waals surface area contributed by atoms with Gasteiger partial charge in [-0.1, -0.05) is 31.2 Å². The molecular formula is C22H22N4O. The summed E-state index contributed by atoms with van der Waals surface area (Å²) in [6, 6.07) is 17.9. The number of methoxy groups -OCH3 is 1. The van der Waals surface area contributed by atoms with Crippen molar-refractivity contribution in [1.82, 2.24) is 15.0 Å². The van der Waals surface area contributed by atoms with Crippen molar-refractivity contribution in [3.63, 3.8) is 0 Å². The highest BCUT2D eigenvalue weighted by molar-refractivity contribution is 5.92. The summed E-state index contributed by atoms with van der Waals surface area (Å²) in [6.07, 6.45) is 0.965. The zero-order chi connectivity index (χ0) is 18.8. The van der Waals surface area contributed by atoms with Crippen molar-refractivity contribution in [2.45, 2.75) is 20.3 Å². The molecule has 5 heteroatoms. The van der Waals surface area contributed by atoms with E-state index in [1.807, 2.05) is 48.5 Å². The molecule has 2 aromatic carbocycles. The van der Waals surface area contributed by atoms with Crippen LogP contribution in [0.15, 0.2) is 54.6 Å². The lowest BCUT2D eigenvalue weighted by atomic mass is 10.1. The first-order valence-electron chi connectivity index (χ1n) is 9.04. The van der Waals surface area contributed by atoms with Crippen LogP contribution < -0.4 is 10.1 Å². The summed E-state index contributed by atoms with van der Waals surface area (Å²) in [7, 11) is 1.66. The number of aromatic nitrogens is 3. The van der Waals surface area contributed by atoms with Crippen molar-refractivity contribution in [3.05, 3.63) is 65.9 Å². The van der Waals surface area contributed by atoms with E-state index in [1.165, 1.54) is 11.3 Å². The number of para-hydroxylation sites is 1. The number of hydrogen-bond acceptors (Lipinski definition) is 4. The Hall–Kier alpha value is -3.34. The molecule has 0 unspecified atom stereocenters. The summed E-state index contributed by atoms with van der Waals surface area (Å²) in [5.74, 6) is 3.16. The second-order valence-electron chi connectivity index (χ2n) is 6.47. The fourth-order valence-electron chi connectivity index (χ4n) is 3.23. The summed E-state index contributed by atoms with van der Waals surface area (Å²) in [4.78, 5) is 13.0. The number of hydrogen-bond donors (Lipinski definition) is 2. The Balaban J connectivity index is 1.82. The maximum absolute atomic E-state index is 5.34. The average molecular weight is 358 g/mol. The van der Waals surface area contributed by atoms with Crippen LogP contribution >= 0.6 is 0 Å². The molecular weight excluding hydrogens is 336 g/mol. The molecule has 0 bridgehead atoms. The minimum atomic E-state index is 0.661. The van der Waals surface area contributed by atoms with Crippen LogP contribution in [0.25, 0.3) is 22.3 Å².